The van der Waals surface area contributed by atoms with Crippen LogP contribution in [-0.4, -0.2) is 28.5 Å². The van der Waals surface area contributed by atoms with Crippen molar-refractivity contribution in [2.24, 2.45) is 11.1 Å². The number of Topliss-reactive ketones (excluding diaryl/α,β-unsaturated/α-hetero) is 1. The monoisotopic (exact) mass is 347 g/mol. The second-order valence-electron chi connectivity index (χ2n) is 5.38. The predicted octanol–water partition coefficient (Wildman–Crippen LogP) is 2.86. The van der Waals surface area contributed by atoms with Gasteiger partial charge in [0.25, 0.3) is 5.91 Å². The Hall–Kier alpha value is -2.61. The molecule has 1 aliphatic heterocycles. The van der Waals surface area contributed by atoms with Gasteiger partial charge in [0.05, 0.1) is 11.6 Å². The number of nitrogens with zero attached hydrogens (tertiary/aromatic N) is 2. The third-order valence-electron chi connectivity index (χ3n) is 3.64. The lowest BCUT2D eigenvalue weighted by Crippen LogP contribution is -2.34. The number of hydrogen-bond donors (Lipinski definition) is 1. The molecule has 24 heavy (non-hydrogen) atoms. The molecule has 8 heteroatoms. The number of nitrogens with one attached hydrogen (secondary N) is 1. The molecule has 1 amide bonds. The largest absolute Gasteiger partial charge is 0.381 e. The normalized spacial score (nSPS) is 19.5. The van der Waals surface area contributed by atoms with Crippen molar-refractivity contribution in [2.45, 2.75) is 20.0 Å². The molecular formula is C16H14FN3O3S. The van der Waals surface area contributed by atoms with E-state index in [0.29, 0.717) is 22.1 Å². The van der Waals surface area contributed by atoms with Gasteiger partial charge in [0.15, 0.2) is 10.9 Å². The number of ketones is 1. The molecule has 1 aromatic heterocycles. The van der Waals surface area contributed by atoms with Crippen molar-refractivity contribution < 1.29 is 18.8 Å². The molecule has 1 N–H and O–H groups in total. The van der Waals surface area contributed by atoms with Crippen LogP contribution in [0.4, 0.5) is 9.52 Å². The van der Waals surface area contributed by atoms with Crippen molar-refractivity contribution >= 4 is 33.9 Å². The maximum absolute atomic E-state index is 13.0. The van der Waals surface area contributed by atoms with E-state index in [9.17, 15) is 14.0 Å². The van der Waals surface area contributed by atoms with Crippen molar-refractivity contribution in [1.82, 2.24) is 4.98 Å². The number of anilines is 1. The van der Waals surface area contributed by atoms with E-state index >= 15 is 0 Å². The number of oxime groups is 1. The molecule has 1 aliphatic rings. The zero-order chi connectivity index (χ0) is 17.3. The minimum absolute atomic E-state index is 0.167. The van der Waals surface area contributed by atoms with E-state index in [4.69, 9.17) is 4.84 Å². The molecule has 2 heterocycles. The number of carbonyl (C=O) groups is 2. The number of aromatic nitrogens is 1. The fourth-order valence-electron chi connectivity index (χ4n) is 2.31. The molecule has 3 rings (SSSR count). The summed E-state index contributed by atoms with van der Waals surface area (Å²) in [5.74, 6) is -1.21. The first-order chi connectivity index (χ1) is 11.5. The van der Waals surface area contributed by atoms with Crippen LogP contribution in [-0.2, 0) is 9.63 Å². The van der Waals surface area contributed by atoms with Crippen LogP contribution < -0.4 is 5.32 Å². The highest BCUT2D eigenvalue weighted by Gasteiger charge is 2.37. The van der Waals surface area contributed by atoms with Crippen LogP contribution in [0.25, 0.3) is 0 Å². The second-order valence-corrected chi connectivity index (χ2v) is 6.24. The van der Waals surface area contributed by atoms with Crippen LogP contribution in [0.3, 0.4) is 0 Å². The summed E-state index contributed by atoms with van der Waals surface area (Å²) in [6.07, 6.45) is -0.810. The Morgan fingerprint density at radius 1 is 1.29 bits per heavy atom. The lowest BCUT2D eigenvalue weighted by atomic mass is 9.94. The minimum atomic E-state index is -0.810. The van der Waals surface area contributed by atoms with Crippen LogP contribution in [0.15, 0.2) is 34.8 Å². The summed E-state index contributed by atoms with van der Waals surface area (Å²) in [5.41, 5.74) is 1.59. The summed E-state index contributed by atoms with van der Waals surface area (Å²) in [4.78, 5) is 32.9. The van der Waals surface area contributed by atoms with E-state index in [1.54, 1.807) is 17.5 Å². The van der Waals surface area contributed by atoms with E-state index in [-0.39, 0.29) is 17.5 Å². The zero-order valence-corrected chi connectivity index (χ0v) is 13.8. The third kappa shape index (κ3) is 3.18. The Morgan fingerprint density at radius 2 is 2.00 bits per heavy atom. The van der Waals surface area contributed by atoms with Gasteiger partial charge in [0.2, 0.25) is 6.10 Å². The Kier molecular flexibility index (Phi) is 4.39. The van der Waals surface area contributed by atoms with E-state index in [1.165, 1.54) is 30.4 Å². The first-order valence-corrected chi connectivity index (χ1v) is 8.10. The van der Waals surface area contributed by atoms with E-state index in [1.807, 2.05) is 6.92 Å². The molecular weight excluding hydrogens is 333 g/mol. The standard InChI is InChI=1S/C16H14FN3O3S/c1-8-13(10-3-5-11(17)6-4-10)20-23-14(8)15(22)19-16-18-12(7-24-16)9(2)21/h3-8,14H,1-2H3,(H,18,19,22)/t8-,14-/m0/s1. The molecule has 0 aliphatic carbocycles. The molecule has 0 radical (unpaired) electrons. The van der Waals surface area contributed by atoms with Gasteiger partial charge in [-0.05, 0) is 17.7 Å². The lowest BCUT2D eigenvalue weighted by Gasteiger charge is -2.13. The topological polar surface area (TPSA) is 80.7 Å². The van der Waals surface area contributed by atoms with Gasteiger partial charge >= 0.3 is 0 Å². The number of halogens is 1. The van der Waals surface area contributed by atoms with Gasteiger partial charge < -0.3 is 4.84 Å². The summed E-state index contributed by atoms with van der Waals surface area (Å²) in [6, 6.07) is 5.84. The molecule has 0 unspecified atom stereocenters. The van der Waals surface area contributed by atoms with Crippen LogP contribution in [0.1, 0.15) is 29.9 Å². The van der Waals surface area contributed by atoms with E-state index in [0.717, 1.165) is 0 Å². The van der Waals surface area contributed by atoms with Crippen LogP contribution in [0, 0.1) is 11.7 Å². The van der Waals surface area contributed by atoms with Crippen LogP contribution >= 0.6 is 11.3 Å². The second kappa shape index (κ2) is 6.48. The van der Waals surface area contributed by atoms with Crippen LogP contribution in [0.2, 0.25) is 0 Å². The average molecular weight is 347 g/mol. The average Bonchev–Trinajstić information content (AvgIpc) is 3.15. The van der Waals surface area contributed by atoms with E-state index < -0.39 is 12.0 Å². The van der Waals surface area contributed by atoms with Crippen molar-refractivity contribution in [3.63, 3.8) is 0 Å². The molecule has 2 atom stereocenters. The van der Waals surface area contributed by atoms with Crippen molar-refractivity contribution in [2.75, 3.05) is 5.32 Å². The Labute approximate surface area is 141 Å². The van der Waals surface area contributed by atoms with Gasteiger partial charge in [0.1, 0.15) is 11.5 Å². The van der Waals surface area contributed by atoms with Crippen molar-refractivity contribution in [1.29, 1.82) is 0 Å². The predicted molar refractivity (Wildman–Crippen MR) is 87.7 cm³/mol. The highest BCUT2D eigenvalue weighted by molar-refractivity contribution is 7.14. The summed E-state index contributed by atoms with van der Waals surface area (Å²) in [6.45, 7) is 3.22. The summed E-state index contributed by atoms with van der Waals surface area (Å²) >= 11 is 1.17. The molecule has 124 valence electrons. The summed E-state index contributed by atoms with van der Waals surface area (Å²) in [5, 5.41) is 8.50. The highest BCUT2D eigenvalue weighted by atomic mass is 32.1. The number of hydrogen-bond acceptors (Lipinski definition) is 6. The minimum Gasteiger partial charge on any atom is -0.381 e. The molecule has 0 saturated heterocycles. The Morgan fingerprint density at radius 3 is 2.62 bits per heavy atom. The number of benzene rings is 1. The first kappa shape index (κ1) is 16.3. The van der Waals surface area contributed by atoms with Gasteiger partial charge in [-0.2, -0.15) is 0 Å². The Bertz CT molecular complexity index is 816. The highest BCUT2D eigenvalue weighted by Crippen LogP contribution is 2.25. The molecule has 0 spiro atoms. The van der Waals surface area contributed by atoms with Gasteiger partial charge in [0, 0.05) is 12.3 Å². The summed E-state index contributed by atoms with van der Waals surface area (Å²) < 4.78 is 13.0. The molecule has 2 aromatic rings. The van der Waals surface area contributed by atoms with E-state index in [2.05, 4.69) is 15.5 Å². The number of amides is 1. The van der Waals surface area contributed by atoms with Gasteiger partial charge in [-0.3, -0.25) is 14.9 Å². The maximum Gasteiger partial charge on any atom is 0.270 e. The summed E-state index contributed by atoms with van der Waals surface area (Å²) in [7, 11) is 0. The van der Waals surface area contributed by atoms with Crippen molar-refractivity contribution in [3.05, 3.63) is 46.7 Å². The zero-order valence-electron chi connectivity index (χ0n) is 12.9. The number of thiazole rings is 1. The molecule has 6 nitrogen and oxygen atoms in total. The number of carbonyl (C=O) groups excluding carboxylic acids is 2. The molecule has 0 saturated carbocycles. The smallest absolute Gasteiger partial charge is 0.270 e. The molecule has 0 fully saturated rings. The van der Waals surface area contributed by atoms with Crippen LogP contribution in [0.5, 0.6) is 0 Å². The first-order valence-electron chi connectivity index (χ1n) is 7.22. The quantitative estimate of drug-likeness (QED) is 0.863. The third-order valence-corrected chi connectivity index (χ3v) is 4.40. The van der Waals surface area contributed by atoms with Gasteiger partial charge in [-0.1, -0.05) is 24.2 Å². The van der Waals surface area contributed by atoms with Gasteiger partial charge in [-0.15, -0.1) is 11.3 Å². The van der Waals surface area contributed by atoms with Crippen molar-refractivity contribution in [3.8, 4) is 0 Å². The maximum atomic E-state index is 13.0. The lowest BCUT2D eigenvalue weighted by molar-refractivity contribution is -0.127. The van der Waals surface area contributed by atoms with Gasteiger partial charge in [-0.25, -0.2) is 9.37 Å². The number of rotatable bonds is 4. The fraction of sp³-hybridized carbons (Fsp3) is 0.250. The fourth-order valence-corrected chi connectivity index (χ4v) is 3.06. The molecule has 0 bridgehead atoms. The Balaban J connectivity index is 1.68. The SMILES string of the molecule is CC(=O)c1csc(NC(=O)[C@H]2ON=C(c3ccc(F)cc3)[C@@H]2C)n1. The molecule has 1 aromatic carbocycles.